The molecule has 0 unspecified atom stereocenters. The van der Waals surface area contributed by atoms with Crippen molar-refractivity contribution in [3.8, 4) is 67.0 Å². The summed E-state index contributed by atoms with van der Waals surface area (Å²) < 4.78 is 4.87. The van der Waals surface area contributed by atoms with Crippen molar-refractivity contribution >= 4 is 43.6 Å². The van der Waals surface area contributed by atoms with Gasteiger partial charge in [-0.05, 0) is 80.9 Å². The highest BCUT2D eigenvalue weighted by Crippen LogP contribution is 2.46. The van der Waals surface area contributed by atoms with Crippen LogP contribution in [0.25, 0.3) is 111 Å². The van der Waals surface area contributed by atoms with Crippen LogP contribution in [0.5, 0.6) is 0 Å². The SMILES string of the molecule is c1ccc(-c2ccccc2-c2ccccc2-n2c3ccccc3c3ccccc32)c(-c2ccccc2-c2ccccc2-c2ccccc2-n2c3ccccc3c3ccccc32)c1. The van der Waals surface area contributed by atoms with Crippen LogP contribution in [0.1, 0.15) is 0 Å². The third-order valence-corrected chi connectivity index (χ3v) is 12.6. The Labute approximate surface area is 360 Å². The van der Waals surface area contributed by atoms with E-state index in [1.807, 2.05) is 0 Å². The lowest BCUT2D eigenvalue weighted by Gasteiger charge is -2.21. The first-order valence-corrected chi connectivity index (χ1v) is 21.4. The van der Waals surface area contributed by atoms with Gasteiger partial charge in [0.25, 0.3) is 0 Å². The second-order valence-electron chi connectivity index (χ2n) is 16.0. The Balaban J connectivity index is 1.04. The zero-order chi connectivity index (χ0) is 41.0. The van der Waals surface area contributed by atoms with E-state index in [0.717, 1.165) is 11.4 Å². The Morgan fingerprint density at radius 3 is 0.597 bits per heavy atom. The van der Waals surface area contributed by atoms with Crippen molar-refractivity contribution in [1.82, 2.24) is 9.13 Å². The third kappa shape index (κ3) is 5.65. The van der Waals surface area contributed by atoms with Crippen LogP contribution < -0.4 is 0 Å². The van der Waals surface area contributed by atoms with Gasteiger partial charge in [0.1, 0.15) is 0 Å². The summed E-state index contributed by atoms with van der Waals surface area (Å²) in [6.07, 6.45) is 0. The van der Waals surface area contributed by atoms with E-state index in [1.165, 1.54) is 99.2 Å². The first kappa shape index (κ1) is 35.7. The van der Waals surface area contributed by atoms with Gasteiger partial charge in [-0.2, -0.15) is 0 Å². The lowest BCUT2D eigenvalue weighted by atomic mass is 9.85. The molecule has 2 heteroatoms. The molecular weight excluding hydrogens is 749 g/mol. The molecule has 10 aromatic carbocycles. The van der Waals surface area contributed by atoms with Gasteiger partial charge in [0.15, 0.2) is 0 Å². The second kappa shape index (κ2) is 14.8. The second-order valence-corrected chi connectivity index (χ2v) is 16.0. The first-order chi connectivity index (χ1) is 30.8. The maximum atomic E-state index is 2.44. The summed E-state index contributed by atoms with van der Waals surface area (Å²) in [5, 5.41) is 5.02. The third-order valence-electron chi connectivity index (χ3n) is 12.6. The molecule has 0 saturated carbocycles. The number of nitrogens with zero attached hydrogens (tertiary/aromatic N) is 2. The minimum Gasteiger partial charge on any atom is -0.309 e. The van der Waals surface area contributed by atoms with Crippen LogP contribution in [0, 0.1) is 0 Å². The zero-order valence-corrected chi connectivity index (χ0v) is 34.0. The number of aromatic nitrogens is 2. The van der Waals surface area contributed by atoms with E-state index in [2.05, 4.69) is 252 Å². The highest BCUT2D eigenvalue weighted by atomic mass is 15.0. The number of hydrogen-bond donors (Lipinski definition) is 0. The maximum Gasteiger partial charge on any atom is 0.0541 e. The lowest BCUT2D eigenvalue weighted by molar-refractivity contribution is 1.18. The van der Waals surface area contributed by atoms with Crippen LogP contribution in [0.3, 0.4) is 0 Å². The van der Waals surface area contributed by atoms with Gasteiger partial charge in [0, 0.05) is 32.7 Å². The number of para-hydroxylation sites is 6. The van der Waals surface area contributed by atoms with Crippen LogP contribution in [-0.4, -0.2) is 9.13 Å². The van der Waals surface area contributed by atoms with Gasteiger partial charge in [-0.1, -0.05) is 206 Å². The summed E-state index contributed by atoms with van der Waals surface area (Å²) in [7, 11) is 0. The van der Waals surface area contributed by atoms with Gasteiger partial charge in [-0.15, -0.1) is 0 Å². The van der Waals surface area contributed by atoms with Crippen molar-refractivity contribution in [2.75, 3.05) is 0 Å². The molecule has 0 fully saturated rings. The summed E-state index contributed by atoms with van der Waals surface area (Å²) in [6, 6.07) is 88.4. The molecule has 0 aliphatic rings. The topological polar surface area (TPSA) is 9.86 Å². The number of rotatable bonds is 7. The smallest absolute Gasteiger partial charge is 0.0541 e. The van der Waals surface area contributed by atoms with Gasteiger partial charge in [-0.25, -0.2) is 0 Å². The molecule has 0 saturated heterocycles. The van der Waals surface area contributed by atoms with Crippen molar-refractivity contribution in [2.45, 2.75) is 0 Å². The predicted octanol–water partition coefficient (Wildman–Crippen LogP) is 16.2. The fourth-order valence-electron chi connectivity index (χ4n) is 9.97. The minimum absolute atomic E-state index is 1.16. The highest BCUT2D eigenvalue weighted by molar-refractivity contribution is 6.11. The van der Waals surface area contributed by atoms with E-state index in [9.17, 15) is 0 Å². The average Bonchev–Trinajstić information content (AvgIpc) is 3.87. The Morgan fingerprint density at radius 1 is 0.161 bits per heavy atom. The van der Waals surface area contributed by atoms with Crippen LogP contribution in [0.4, 0.5) is 0 Å². The molecule has 2 heterocycles. The molecule has 0 aliphatic carbocycles. The van der Waals surface area contributed by atoms with Crippen molar-refractivity contribution < 1.29 is 0 Å². The molecule has 0 amide bonds. The van der Waals surface area contributed by atoms with Gasteiger partial charge in [0.05, 0.1) is 33.4 Å². The first-order valence-electron chi connectivity index (χ1n) is 21.4. The van der Waals surface area contributed by atoms with E-state index in [-0.39, 0.29) is 0 Å². The fourth-order valence-corrected chi connectivity index (χ4v) is 9.97. The minimum atomic E-state index is 1.16. The number of benzene rings is 10. The lowest BCUT2D eigenvalue weighted by Crippen LogP contribution is -1.99. The maximum absolute atomic E-state index is 2.44. The summed E-state index contributed by atoms with van der Waals surface area (Å²) in [5.41, 5.74) is 19.0. The Morgan fingerprint density at radius 2 is 0.339 bits per heavy atom. The zero-order valence-electron chi connectivity index (χ0n) is 34.0. The quantitative estimate of drug-likeness (QED) is 0.152. The Kier molecular flexibility index (Phi) is 8.53. The summed E-state index contributed by atoms with van der Waals surface area (Å²) >= 11 is 0. The van der Waals surface area contributed by atoms with E-state index in [0.29, 0.717) is 0 Å². The normalized spacial score (nSPS) is 11.5. The molecule has 2 aromatic heterocycles. The van der Waals surface area contributed by atoms with Crippen LogP contribution in [-0.2, 0) is 0 Å². The molecule has 0 aliphatic heterocycles. The van der Waals surface area contributed by atoms with Gasteiger partial charge in [-0.3, -0.25) is 0 Å². The van der Waals surface area contributed by atoms with E-state index in [4.69, 9.17) is 0 Å². The van der Waals surface area contributed by atoms with Gasteiger partial charge < -0.3 is 9.13 Å². The predicted molar refractivity (Wildman–Crippen MR) is 262 cm³/mol. The molecule has 2 nitrogen and oxygen atoms in total. The molecule has 0 radical (unpaired) electrons. The van der Waals surface area contributed by atoms with E-state index >= 15 is 0 Å². The molecule has 12 aromatic rings. The summed E-state index contributed by atoms with van der Waals surface area (Å²) in [5.74, 6) is 0. The van der Waals surface area contributed by atoms with E-state index in [1.54, 1.807) is 0 Å². The molecule has 0 spiro atoms. The standard InChI is InChI=1S/C60H40N2/c1-3-23-43(45-25-5-7-27-47(45)49-29-9-15-35-55(49)61-57-37-17-11-31-51(57)52-32-12-18-38-58(52)61)41(21-1)42-22-2-4-24-44(42)46-26-6-8-28-48(46)50-30-10-16-36-56(50)62-59-39-19-13-33-53(59)54-34-14-20-40-60(54)62/h1-40H. The molecule has 290 valence electrons. The summed E-state index contributed by atoms with van der Waals surface area (Å²) in [6.45, 7) is 0. The highest BCUT2D eigenvalue weighted by Gasteiger charge is 2.22. The van der Waals surface area contributed by atoms with Gasteiger partial charge >= 0.3 is 0 Å². The number of hydrogen-bond acceptors (Lipinski definition) is 0. The van der Waals surface area contributed by atoms with Crippen LogP contribution >= 0.6 is 0 Å². The Bertz CT molecular complexity index is 3310. The van der Waals surface area contributed by atoms with Gasteiger partial charge in [0.2, 0.25) is 0 Å². The molecule has 12 rings (SSSR count). The van der Waals surface area contributed by atoms with E-state index < -0.39 is 0 Å². The van der Waals surface area contributed by atoms with Crippen LogP contribution in [0.15, 0.2) is 243 Å². The van der Waals surface area contributed by atoms with Crippen molar-refractivity contribution in [3.63, 3.8) is 0 Å². The largest absolute Gasteiger partial charge is 0.309 e. The number of fused-ring (bicyclic) bond motifs is 6. The molecule has 0 bridgehead atoms. The molecule has 0 atom stereocenters. The fraction of sp³-hybridized carbons (Fsp3) is 0. The molecular formula is C60H40N2. The average molecular weight is 789 g/mol. The van der Waals surface area contributed by atoms with Crippen molar-refractivity contribution in [1.29, 1.82) is 0 Å². The van der Waals surface area contributed by atoms with Crippen molar-refractivity contribution in [2.24, 2.45) is 0 Å². The van der Waals surface area contributed by atoms with Crippen LogP contribution in [0.2, 0.25) is 0 Å². The molecule has 0 N–H and O–H groups in total. The summed E-state index contributed by atoms with van der Waals surface area (Å²) in [4.78, 5) is 0. The Hall–Kier alpha value is -8.20. The molecule has 62 heavy (non-hydrogen) atoms. The monoisotopic (exact) mass is 788 g/mol. The van der Waals surface area contributed by atoms with Crippen molar-refractivity contribution in [3.05, 3.63) is 243 Å².